The Morgan fingerprint density at radius 2 is 0.542 bits per heavy atom. The molecule has 0 atom stereocenters. The van der Waals surface area contributed by atoms with Crippen LogP contribution in [0.5, 0.6) is 0 Å². The fraction of sp³-hybridized carbons (Fsp3) is 0.345. The Hall–Kier alpha value is -6.90. The topological polar surface area (TPSA) is 6.48 Å². The van der Waals surface area contributed by atoms with Crippen LogP contribution >= 0.6 is 0 Å². The summed E-state index contributed by atoms with van der Waals surface area (Å²) in [7, 11) is 0. The number of anilines is 2. The predicted octanol–water partition coefficient (Wildman–Crippen LogP) is 16.2. The van der Waals surface area contributed by atoms with Gasteiger partial charge in [0.1, 0.15) is 0 Å². The van der Waals surface area contributed by atoms with E-state index >= 15 is 0 Å². The zero-order valence-corrected chi connectivity index (χ0v) is 40.2. The summed E-state index contributed by atoms with van der Waals surface area (Å²) in [5.41, 5.74) is -4.68. The molecule has 0 fully saturated rings. The largest absolute Gasteiger partial charge is 0.416 e. The number of rotatable bonds is 14. The van der Waals surface area contributed by atoms with E-state index in [1.54, 1.807) is 24.3 Å². The van der Waals surface area contributed by atoms with Gasteiger partial charge in [-0.05, 0) is 123 Å². The predicted molar refractivity (Wildman–Crippen MR) is 260 cm³/mol. The Kier molecular flexibility index (Phi) is 19.4. The molecule has 2 nitrogen and oxygen atoms in total. The zero-order chi connectivity index (χ0) is 52.7. The summed E-state index contributed by atoms with van der Waals surface area (Å²) in [6.45, 7) is 11.7. The molecule has 72 heavy (non-hydrogen) atoms. The van der Waals surface area contributed by atoms with Gasteiger partial charge in [-0.3, -0.25) is 0 Å². The third-order valence-corrected chi connectivity index (χ3v) is 11.3. The van der Waals surface area contributed by atoms with E-state index < -0.39 is 58.1 Å². The summed E-state index contributed by atoms with van der Waals surface area (Å²) in [4.78, 5) is 4.51. The van der Waals surface area contributed by atoms with Crippen LogP contribution in [0.2, 0.25) is 0 Å². The SMILES string of the molecule is CCCCN(CCCC)c1ccc(C#Cc2cc(C#Cc3cc(C(F)(F)F)cc(C(F)(F)F)c3)c(C#Cc3ccc(N(CCCC)CCCC)cc3)cc2C#Cc2cc(C(F)(F)F)cc(C(F)(F)F)c2)cc1. The molecule has 0 heterocycles. The highest BCUT2D eigenvalue weighted by Gasteiger charge is 2.38. The number of unbranched alkanes of at least 4 members (excludes halogenated alkanes) is 4. The van der Waals surface area contributed by atoms with Crippen LogP contribution in [0, 0.1) is 47.4 Å². The van der Waals surface area contributed by atoms with Gasteiger partial charge >= 0.3 is 24.7 Å². The number of halogens is 12. The van der Waals surface area contributed by atoms with Gasteiger partial charge in [-0.1, -0.05) is 101 Å². The minimum absolute atomic E-state index is 0.0239. The molecule has 0 N–H and O–H groups in total. The van der Waals surface area contributed by atoms with Gasteiger partial charge in [-0.2, -0.15) is 52.7 Å². The molecule has 0 aliphatic carbocycles. The van der Waals surface area contributed by atoms with E-state index in [9.17, 15) is 52.7 Å². The van der Waals surface area contributed by atoms with Gasteiger partial charge in [0.15, 0.2) is 0 Å². The first kappa shape index (κ1) is 56.0. The Labute approximate surface area is 413 Å². The maximum atomic E-state index is 13.9. The highest BCUT2D eigenvalue weighted by atomic mass is 19.4. The van der Waals surface area contributed by atoms with Gasteiger partial charge in [-0.25, -0.2) is 0 Å². The van der Waals surface area contributed by atoms with Crippen LogP contribution in [0.1, 0.15) is 146 Å². The molecular weight excluding hydrogens is 953 g/mol. The molecule has 5 aromatic rings. The Morgan fingerprint density at radius 1 is 0.306 bits per heavy atom. The number of hydrogen-bond donors (Lipinski definition) is 0. The molecule has 0 radical (unpaired) electrons. The van der Waals surface area contributed by atoms with E-state index in [4.69, 9.17) is 0 Å². The lowest BCUT2D eigenvalue weighted by Crippen LogP contribution is -2.25. The summed E-state index contributed by atoms with van der Waals surface area (Å²) < 4.78 is 166. The minimum atomic E-state index is -5.15. The number of benzene rings is 5. The third-order valence-electron chi connectivity index (χ3n) is 11.3. The van der Waals surface area contributed by atoms with E-state index in [2.05, 4.69) is 84.9 Å². The fourth-order valence-corrected chi connectivity index (χ4v) is 7.27. The molecule has 0 bridgehead atoms. The molecule has 5 rings (SSSR count). The van der Waals surface area contributed by atoms with E-state index in [0.717, 1.165) is 88.9 Å². The molecule has 0 aromatic heterocycles. The molecule has 0 saturated heterocycles. The second kappa shape index (κ2) is 25.0. The van der Waals surface area contributed by atoms with Crippen molar-refractivity contribution in [1.29, 1.82) is 0 Å². The van der Waals surface area contributed by atoms with Gasteiger partial charge < -0.3 is 9.80 Å². The second-order valence-corrected chi connectivity index (χ2v) is 17.0. The van der Waals surface area contributed by atoms with Crippen molar-refractivity contribution >= 4 is 11.4 Å². The number of nitrogens with zero attached hydrogens (tertiary/aromatic N) is 2. The van der Waals surface area contributed by atoms with Crippen molar-refractivity contribution in [2.45, 2.75) is 104 Å². The quantitative estimate of drug-likeness (QED) is 0.0808. The Bertz CT molecular complexity index is 2600. The smallest absolute Gasteiger partial charge is 0.372 e. The zero-order valence-electron chi connectivity index (χ0n) is 40.2. The first-order valence-corrected chi connectivity index (χ1v) is 23.6. The van der Waals surface area contributed by atoms with E-state index in [1.807, 2.05) is 24.3 Å². The van der Waals surface area contributed by atoms with Gasteiger partial charge in [0, 0.05) is 82.1 Å². The van der Waals surface area contributed by atoms with Crippen molar-refractivity contribution < 1.29 is 52.7 Å². The molecule has 5 aromatic carbocycles. The normalized spacial score (nSPS) is 11.6. The standard InChI is InChI=1S/C58H52F12N2/c1-5-9-29-71(30-10-6-2)53-25-17-41(18-26-53)13-21-45-37-48(24-16-44-35-51(57(65,66)67)40-52(36-44)58(68,69)70)46(22-14-42-19-27-54(28-20-42)72(31-11-7-3)32-12-8-4)38-47(45)23-15-43-33-49(55(59,60)61)39-50(34-43)56(62,63)64/h17-20,25-28,33-40H,5-12,29-32H2,1-4H3. The molecule has 0 spiro atoms. The summed E-state index contributed by atoms with van der Waals surface area (Å²) in [6, 6.07) is 19.1. The van der Waals surface area contributed by atoms with Crippen molar-refractivity contribution in [1.82, 2.24) is 0 Å². The van der Waals surface area contributed by atoms with E-state index in [-0.39, 0.29) is 34.4 Å². The maximum absolute atomic E-state index is 13.9. The van der Waals surface area contributed by atoms with Crippen molar-refractivity contribution in [2.75, 3.05) is 36.0 Å². The average molecular weight is 1010 g/mol. The summed E-state index contributed by atoms with van der Waals surface area (Å²) in [5.74, 6) is 22.1. The van der Waals surface area contributed by atoms with Gasteiger partial charge in [0.05, 0.1) is 22.3 Å². The molecule has 0 aliphatic rings. The van der Waals surface area contributed by atoms with Crippen molar-refractivity contribution in [3.05, 3.63) is 164 Å². The number of hydrogen-bond acceptors (Lipinski definition) is 2. The number of alkyl halides is 12. The Balaban J connectivity index is 1.76. The average Bonchev–Trinajstić information content (AvgIpc) is 3.33. The van der Waals surface area contributed by atoms with Crippen LogP contribution in [-0.2, 0) is 24.7 Å². The molecule has 378 valence electrons. The van der Waals surface area contributed by atoms with Gasteiger partial charge in [-0.15, -0.1) is 0 Å². The summed E-state index contributed by atoms with van der Waals surface area (Å²) in [6.07, 6.45) is -12.8. The first-order valence-electron chi connectivity index (χ1n) is 23.6. The molecule has 0 saturated carbocycles. The van der Waals surface area contributed by atoms with Crippen LogP contribution < -0.4 is 9.80 Å². The molecule has 0 amide bonds. The molecule has 0 unspecified atom stereocenters. The van der Waals surface area contributed by atoms with E-state index in [1.165, 1.54) is 12.1 Å². The van der Waals surface area contributed by atoms with Crippen molar-refractivity contribution in [3.63, 3.8) is 0 Å². The summed E-state index contributed by atoms with van der Waals surface area (Å²) >= 11 is 0. The highest BCUT2D eigenvalue weighted by Crippen LogP contribution is 2.38. The lowest BCUT2D eigenvalue weighted by molar-refractivity contribution is -0.144. The molecular formula is C58H52F12N2. The maximum Gasteiger partial charge on any atom is 0.416 e. The van der Waals surface area contributed by atoms with Crippen LogP contribution in [0.3, 0.4) is 0 Å². The monoisotopic (exact) mass is 1000 g/mol. The lowest BCUT2D eigenvalue weighted by atomic mass is 9.97. The first-order chi connectivity index (χ1) is 34.0. The van der Waals surface area contributed by atoms with Gasteiger partial charge in [0.25, 0.3) is 0 Å². The van der Waals surface area contributed by atoms with Gasteiger partial charge in [0.2, 0.25) is 0 Å². The van der Waals surface area contributed by atoms with Crippen molar-refractivity contribution in [2.24, 2.45) is 0 Å². The van der Waals surface area contributed by atoms with E-state index in [0.29, 0.717) is 35.4 Å². The van der Waals surface area contributed by atoms with Crippen molar-refractivity contribution in [3.8, 4) is 47.4 Å². The minimum Gasteiger partial charge on any atom is -0.372 e. The highest BCUT2D eigenvalue weighted by molar-refractivity contribution is 5.65. The molecule has 0 aliphatic heterocycles. The fourth-order valence-electron chi connectivity index (χ4n) is 7.27. The van der Waals surface area contributed by atoms with Crippen LogP contribution in [-0.4, -0.2) is 26.2 Å². The second-order valence-electron chi connectivity index (χ2n) is 17.0. The van der Waals surface area contributed by atoms with Crippen LogP contribution in [0.4, 0.5) is 64.1 Å². The lowest BCUT2D eigenvalue weighted by Gasteiger charge is -2.24. The van der Waals surface area contributed by atoms with Crippen LogP contribution in [0.25, 0.3) is 0 Å². The van der Waals surface area contributed by atoms with Crippen LogP contribution in [0.15, 0.2) is 97.1 Å². The molecule has 14 heteroatoms. The summed E-state index contributed by atoms with van der Waals surface area (Å²) in [5, 5.41) is 0. The third kappa shape index (κ3) is 16.6. The Morgan fingerprint density at radius 3 is 0.764 bits per heavy atom.